The number of nitrogens with zero attached hydrogens (tertiary/aromatic N) is 2. The molecule has 9 heteroatoms. The lowest BCUT2D eigenvalue weighted by Gasteiger charge is -2.33. The number of hydrogen-bond acceptors (Lipinski definition) is 5. The van der Waals surface area contributed by atoms with Gasteiger partial charge in [-0.15, -0.1) is 11.3 Å². The number of amides is 3. The van der Waals surface area contributed by atoms with Gasteiger partial charge in [0.15, 0.2) is 5.13 Å². The summed E-state index contributed by atoms with van der Waals surface area (Å²) in [7, 11) is 1.61. The van der Waals surface area contributed by atoms with Crippen molar-refractivity contribution in [1.29, 1.82) is 0 Å². The highest BCUT2D eigenvalue weighted by Gasteiger charge is 2.27. The number of rotatable bonds is 9. The molecule has 0 radical (unpaired) electrons. The van der Waals surface area contributed by atoms with E-state index in [4.69, 9.17) is 0 Å². The Hall–Kier alpha value is -3.72. The SMILES string of the molecule is CNC(=O)c1ccc(CCc2sc(NC(C)=O)nc2CCc2ccc(N(C(=O)O)C(C)(C)C)cc2)cc1. The standard InChI is InChI=1S/C28H34N4O4S/c1-18(33)30-26-31-23(24(37-26)17-11-19-6-12-21(13-7-19)25(34)29-5)16-10-20-8-14-22(15-9-20)32(27(35)36)28(2,3)4/h6-9,12-15H,10-11,16-17H2,1-5H3,(H,29,34)(H,35,36)(H,30,31,33). The Morgan fingerprint density at radius 3 is 2.00 bits per heavy atom. The predicted octanol–water partition coefficient (Wildman–Crippen LogP) is 5.31. The zero-order valence-corrected chi connectivity index (χ0v) is 22.7. The van der Waals surface area contributed by atoms with E-state index in [1.165, 1.54) is 23.2 Å². The monoisotopic (exact) mass is 522 g/mol. The van der Waals surface area contributed by atoms with Crippen molar-refractivity contribution >= 4 is 40.1 Å². The van der Waals surface area contributed by atoms with Crippen molar-refractivity contribution in [2.75, 3.05) is 17.3 Å². The third kappa shape index (κ3) is 7.63. The van der Waals surface area contributed by atoms with Gasteiger partial charge in [0.05, 0.1) is 5.69 Å². The Labute approximate surface area is 221 Å². The molecule has 196 valence electrons. The Morgan fingerprint density at radius 2 is 1.49 bits per heavy atom. The van der Waals surface area contributed by atoms with Gasteiger partial charge >= 0.3 is 6.09 Å². The minimum absolute atomic E-state index is 0.113. The first kappa shape index (κ1) is 27.9. The normalized spacial score (nSPS) is 11.2. The molecule has 0 aliphatic heterocycles. The first-order valence-corrected chi connectivity index (χ1v) is 13.0. The number of benzene rings is 2. The Kier molecular flexibility index (Phi) is 9.04. The van der Waals surface area contributed by atoms with Crippen LogP contribution < -0.4 is 15.5 Å². The largest absolute Gasteiger partial charge is 0.465 e. The van der Waals surface area contributed by atoms with E-state index >= 15 is 0 Å². The lowest BCUT2D eigenvalue weighted by Crippen LogP contribution is -2.45. The quantitative estimate of drug-likeness (QED) is 0.352. The molecule has 3 aromatic rings. The molecule has 0 saturated carbocycles. The van der Waals surface area contributed by atoms with E-state index in [9.17, 15) is 19.5 Å². The van der Waals surface area contributed by atoms with Gasteiger partial charge in [-0.3, -0.25) is 14.5 Å². The molecule has 37 heavy (non-hydrogen) atoms. The van der Waals surface area contributed by atoms with Crippen LogP contribution in [0.25, 0.3) is 0 Å². The summed E-state index contributed by atoms with van der Waals surface area (Å²) in [6.07, 6.45) is 2.00. The van der Waals surface area contributed by atoms with Gasteiger partial charge in [-0.25, -0.2) is 9.78 Å². The molecule has 3 rings (SSSR count). The molecule has 8 nitrogen and oxygen atoms in total. The molecule has 1 aromatic heterocycles. The van der Waals surface area contributed by atoms with E-state index in [2.05, 4.69) is 15.6 Å². The van der Waals surface area contributed by atoms with Crippen LogP contribution >= 0.6 is 11.3 Å². The van der Waals surface area contributed by atoms with Crippen LogP contribution in [0, 0.1) is 0 Å². The fraction of sp³-hybridized carbons (Fsp3) is 0.357. The van der Waals surface area contributed by atoms with Crippen LogP contribution in [0.5, 0.6) is 0 Å². The number of aromatic nitrogens is 1. The first-order valence-electron chi connectivity index (χ1n) is 12.2. The zero-order valence-electron chi connectivity index (χ0n) is 21.9. The minimum atomic E-state index is -0.985. The smallest absolute Gasteiger partial charge is 0.412 e. The second-order valence-electron chi connectivity index (χ2n) is 9.80. The Balaban J connectivity index is 1.71. The summed E-state index contributed by atoms with van der Waals surface area (Å²) >= 11 is 1.49. The van der Waals surface area contributed by atoms with Crippen LogP contribution in [0.2, 0.25) is 0 Å². The highest BCUT2D eigenvalue weighted by atomic mass is 32.1. The summed E-state index contributed by atoms with van der Waals surface area (Å²) in [5.41, 5.74) is 3.84. The molecule has 0 fully saturated rings. The van der Waals surface area contributed by atoms with Gasteiger partial charge in [0.25, 0.3) is 5.91 Å². The van der Waals surface area contributed by atoms with E-state index in [0.717, 1.165) is 41.0 Å². The summed E-state index contributed by atoms with van der Waals surface area (Å²) in [5, 5.41) is 15.6. The van der Waals surface area contributed by atoms with Crippen molar-refractivity contribution in [1.82, 2.24) is 10.3 Å². The van der Waals surface area contributed by atoms with Gasteiger partial charge in [-0.05, 0) is 81.8 Å². The van der Waals surface area contributed by atoms with Crippen LogP contribution in [0.15, 0.2) is 48.5 Å². The van der Waals surface area contributed by atoms with Crippen LogP contribution in [-0.4, -0.2) is 40.6 Å². The fourth-order valence-electron chi connectivity index (χ4n) is 4.06. The third-order valence-electron chi connectivity index (χ3n) is 5.85. The fourth-order valence-corrected chi connectivity index (χ4v) is 5.12. The molecule has 0 bridgehead atoms. The van der Waals surface area contributed by atoms with Crippen LogP contribution in [0.1, 0.15) is 59.8 Å². The molecule has 1 heterocycles. The van der Waals surface area contributed by atoms with E-state index in [1.807, 2.05) is 69.3 Å². The van der Waals surface area contributed by atoms with Crippen LogP contribution in [0.4, 0.5) is 15.6 Å². The van der Waals surface area contributed by atoms with Crippen molar-refractivity contribution in [2.45, 2.75) is 58.9 Å². The van der Waals surface area contributed by atoms with Crippen LogP contribution in [0.3, 0.4) is 0 Å². The number of thiazole rings is 1. The minimum Gasteiger partial charge on any atom is -0.465 e. The maximum atomic E-state index is 11.8. The summed E-state index contributed by atoms with van der Waals surface area (Å²) in [4.78, 5) is 42.3. The van der Waals surface area contributed by atoms with E-state index < -0.39 is 11.6 Å². The van der Waals surface area contributed by atoms with E-state index in [-0.39, 0.29) is 11.8 Å². The maximum absolute atomic E-state index is 11.8. The highest BCUT2D eigenvalue weighted by molar-refractivity contribution is 7.15. The lowest BCUT2D eigenvalue weighted by molar-refractivity contribution is -0.114. The van der Waals surface area contributed by atoms with Gasteiger partial charge in [0.2, 0.25) is 5.91 Å². The van der Waals surface area contributed by atoms with E-state index in [0.29, 0.717) is 22.8 Å². The van der Waals surface area contributed by atoms with Gasteiger partial charge < -0.3 is 15.7 Å². The average molecular weight is 523 g/mol. The van der Waals surface area contributed by atoms with Gasteiger partial charge in [0, 0.05) is 35.6 Å². The Bertz CT molecular complexity index is 1240. The first-order chi connectivity index (χ1) is 17.5. The van der Waals surface area contributed by atoms with Gasteiger partial charge in [-0.2, -0.15) is 0 Å². The number of aryl methyl sites for hydroxylation is 4. The highest BCUT2D eigenvalue weighted by Crippen LogP contribution is 2.28. The summed E-state index contributed by atoms with van der Waals surface area (Å²) < 4.78 is 0. The van der Waals surface area contributed by atoms with Crippen molar-refractivity contribution in [3.63, 3.8) is 0 Å². The third-order valence-corrected chi connectivity index (χ3v) is 6.93. The molecule has 0 aliphatic rings. The second-order valence-corrected chi connectivity index (χ2v) is 10.9. The Morgan fingerprint density at radius 1 is 0.919 bits per heavy atom. The molecule has 2 aromatic carbocycles. The van der Waals surface area contributed by atoms with Crippen molar-refractivity contribution < 1.29 is 19.5 Å². The van der Waals surface area contributed by atoms with Gasteiger partial charge in [-0.1, -0.05) is 24.3 Å². The van der Waals surface area contributed by atoms with Crippen LogP contribution in [-0.2, 0) is 30.5 Å². The van der Waals surface area contributed by atoms with Gasteiger partial charge in [0.1, 0.15) is 0 Å². The summed E-state index contributed by atoms with van der Waals surface area (Å²) in [6, 6.07) is 15.1. The molecule has 3 amide bonds. The number of carbonyl (C=O) groups excluding carboxylic acids is 2. The van der Waals surface area contributed by atoms with E-state index in [1.54, 1.807) is 7.05 Å². The molecule has 3 N–H and O–H groups in total. The second kappa shape index (κ2) is 12.0. The summed E-state index contributed by atoms with van der Waals surface area (Å²) in [5.74, 6) is -0.271. The van der Waals surface area contributed by atoms with Crippen molar-refractivity contribution in [3.8, 4) is 0 Å². The number of carbonyl (C=O) groups is 3. The number of nitrogens with one attached hydrogen (secondary N) is 2. The zero-order chi connectivity index (χ0) is 27.2. The average Bonchev–Trinajstić information content (AvgIpc) is 3.21. The molecular formula is C28H34N4O4S. The number of carboxylic acid groups (broad SMARTS) is 1. The molecule has 0 spiro atoms. The predicted molar refractivity (Wildman–Crippen MR) is 148 cm³/mol. The molecule has 0 atom stereocenters. The summed E-state index contributed by atoms with van der Waals surface area (Å²) in [6.45, 7) is 7.06. The molecule has 0 aliphatic carbocycles. The molecular weight excluding hydrogens is 488 g/mol. The van der Waals surface area contributed by atoms with Crippen molar-refractivity contribution in [3.05, 3.63) is 75.8 Å². The number of hydrogen-bond donors (Lipinski definition) is 3. The molecule has 0 unspecified atom stereocenters. The molecule has 0 saturated heterocycles. The lowest BCUT2D eigenvalue weighted by atomic mass is 10.0. The topological polar surface area (TPSA) is 112 Å². The maximum Gasteiger partial charge on any atom is 0.412 e. The van der Waals surface area contributed by atoms with Crippen molar-refractivity contribution in [2.24, 2.45) is 0 Å². The number of anilines is 2.